The predicted molar refractivity (Wildman–Crippen MR) is 170 cm³/mol. The molecule has 1 aliphatic heterocycles. The number of ether oxygens (including phenoxy) is 2. The van der Waals surface area contributed by atoms with Gasteiger partial charge in [-0.3, -0.25) is 4.98 Å². The second-order valence-electron chi connectivity index (χ2n) is 13.3. The van der Waals surface area contributed by atoms with Gasteiger partial charge in [-0.25, -0.2) is 8.78 Å². The molecule has 3 atom stereocenters. The van der Waals surface area contributed by atoms with Crippen LogP contribution in [0, 0.1) is 17.0 Å². The summed E-state index contributed by atoms with van der Waals surface area (Å²) in [7, 11) is 4.13. The van der Waals surface area contributed by atoms with Crippen LogP contribution in [0.4, 0.5) is 14.6 Å². The summed E-state index contributed by atoms with van der Waals surface area (Å²) < 4.78 is 43.7. The molecule has 45 heavy (non-hydrogen) atoms. The Morgan fingerprint density at radius 1 is 1.18 bits per heavy atom. The number of nitrogens with zero attached hydrogens (tertiary/aromatic N) is 5. The van der Waals surface area contributed by atoms with Crippen LogP contribution < -0.4 is 9.64 Å². The molecule has 2 aromatic heterocycles. The van der Waals surface area contributed by atoms with Crippen LogP contribution in [0.2, 0.25) is 0 Å². The van der Waals surface area contributed by atoms with Crippen LogP contribution in [0.15, 0.2) is 30.5 Å². The van der Waals surface area contributed by atoms with E-state index in [1.807, 2.05) is 11.8 Å². The SMILES string of the molecule is CCc1c(F)ccc2cc(O)cc(-c3ncc4c(N5CCOCC(C)(O)C5)nc(OCC5(C)CCCC5N(C)C)nc4c3F)c12. The number of aliphatic hydroxyl groups is 1. The first kappa shape index (κ1) is 31.3. The highest BCUT2D eigenvalue weighted by atomic mass is 19.1. The van der Waals surface area contributed by atoms with Crippen molar-refractivity contribution in [2.24, 2.45) is 5.41 Å². The molecule has 4 aromatic rings. The van der Waals surface area contributed by atoms with Crippen molar-refractivity contribution >= 4 is 27.5 Å². The summed E-state index contributed by atoms with van der Waals surface area (Å²) in [6, 6.07) is 6.18. The summed E-state index contributed by atoms with van der Waals surface area (Å²) in [5, 5.41) is 22.9. The van der Waals surface area contributed by atoms with E-state index in [0.29, 0.717) is 59.8 Å². The van der Waals surface area contributed by atoms with Crippen molar-refractivity contribution in [2.45, 2.75) is 58.1 Å². The van der Waals surface area contributed by atoms with Gasteiger partial charge < -0.3 is 29.5 Å². The van der Waals surface area contributed by atoms with E-state index in [0.717, 1.165) is 19.3 Å². The second-order valence-corrected chi connectivity index (χ2v) is 13.3. The van der Waals surface area contributed by atoms with Crippen LogP contribution in [-0.2, 0) is 11.2 Å². The number of fused-ring (bicyclic) bond motifs is 2. The van der Waals surface area contributed by atoms with Crippen molar-refractivity contribution in [3.8, 4) is 23.0 Å². The number of phenols is 1. The third-order valence-corrected chi connectivity index (χ3v) is 9.34. The number of anilines is 1. The molecule has 6 rings (SSSR count). The molecule has 1 aliphatic carbocycles. The molecular weight excluding hydrogens is 580 g/mol. The zero-order valence-electron chi connectivity index (χ0n) is 26.5. The highest BCUT2D eigenvalue weighted by molar-refractivity contribution is 6.01. The van der Waals surface area contributed by atoms with Crippen molar-refractivity contribution in [3.05, 3.63) is 47.7 Å². The van der Waals surface area contributed by atoms with Gasteiger partial charge in [-0.15, -0.1) is 0 Å². The quantitative estimate of drug-likeness (QED) is 0.278. The molecule has 1 saturated carbocycles. The number of aromatic hydroxyl groups is 1. The molecule has 2 fully saturated rings. The van der Waals surface area contributed by atoms with Gasteiger partial charge in [0.1, 0.15) is 34.2 Å². The Morgan fingerprint density at radius 2 is 1.98 bits per heavy atom. The van der Waals surface area contributed by atoms with Crippen molar-refractivity contribution in [2.75, 3.05) is 51.9 Å². The number of benzene rings is 2. The number of aromatic nitrogens is 3. The van der Waals surface area contributed by atoms with Crippen LogP contribution >= 0.6 is 0 Å². The maximum Gasteiger partial charge on any atom is 0.319 e. The number of pyridine rings is 1. The number of halogens is 2. The molecule has 1 saturated heterocycles. The zero-order valence-corrected chi connectivity index (χ0v) is 26.5. The molecular formula is C34H41F2N5O4. The molecule has 2 aliphatic rings. The number of aryl methyl sites for hydroxylation is 1. The summed E-state index contributed by atoms with van der Waals surface area (Å²) >= 11 is 0. The average Bonchev–Trinajstić information content (AvgIpc) is 3.29. The fraction of sp³-hybridized carbons (Fsp3) is 0.500. The Balaban J connectivity index is 1.52. The van der Waals surface area contributed by atoms with E-state index in [4.69, 9.17) is 14.5 Å². The normalized spacial score (nSPS) is 24.1. The monoisotopic (exact) mass is 621 g/mol. The Hall–Kier alpha value is -3.67. The van der Waals surface area contributed by atoms with Crippen LogP contribution in [0.1, 0.15) is 45.6 Å². The fourth-order valence-electron chi connectivity index (χ4n) is 7.22. The van der Waals surface area contributed by atoms with Crippen LogP contribution in [0.3, 0.4) is 0 Å². The smallest absolute Gasteiger partial charge is 0.319 e. The van der Waals surface area contributed by atoms with E-state index in [1.54, 1.807) is 13.0 Å². The van der Waals surface area contributed by atoms with Gasteiger partial charge in [0.2, 0.25) is 0 Å². The molecule has 2 N–H and O–H groups in total. The minimum Gasteiger partial charge on any atom is -0.508 e. The lowest BCUT2D eigenvalue weighted by Crippen LogP contribution is -2.43. The summed E-state index contributed by atoms with van der Waals surface area (Å²) in [5.74, 6) is -0.868. The standard InChI is InChI=1S/C34H41F2N5O4/c1-6-22-25(35)10-9-20-14-21(42)15-23(27(20)22)29-28(36)30-24(16-37-29)31(41-12-13-44-19-34(3,43)17-41)39-32(38-30)45-18-33(2)11-7-8-26(33)40(4)5/h9-10,14-16,26,42-43H,6-8,11-13,17-19H2,1-5H3. The molecule has 0 bridgehead atoms. The van der Waals surface area contributed by atoms with Gasteiger partial charge in [-0.1, -0.05) is 26.3 Å². The molecule has 240 valence electrons. The number of hydrogen-bond donors (Lipinski definition) is 2. The number of β-amino-alcohol motifs (C(OH)–C–C–N with tert-alkyl or cyclic N) is 1. The number of hydrogen-bond acceptors (Lipinski definition) is 9. The second kappa shape index (κ2) is 11.9. The van der Waals surface area contributed by atoms with Gasteiger partial charge in [-0.05, 0) is 74.8 Å². The van der Waals surface area contributed by atoms with Gasteiger partial charge in [0, 0.05) is 29.8 Å². The number of phenolic OH excluding ortho intramolecular Hbond substituents is 1. The lowest BCUT2D eigenvalue weighted by atomic mass is 9.85. The Kier molecular flexibility index (Phi) is 8.30. The van der Waals surface area contributed by atoms with E-state index >= 15 is 4.39 Å². The molecule has 3 heterocycles. The van der Waals surface area contributed by atoms with Gasteiger partial charge in [0.05, 0.1) is 31.8 Å². The van der Waals surface area contributed by atoms with E-state index in [2.05, 4.69) is 35.9 Å². The van der Waals surface area contributed by atoms with Gasteiger partial charge >= 0.3 is 6.01 Å². The van der Waals surface area contributed by atoms with Crippen molar-refractivity contribution in [1.82, 2.24) is 19.9 Å². The van der Waals surface area contributed by atoms with E-state index in [9.17, 15) is 14.6 Å². The van der Waals surface area contributed by atoms with E-state index in [1.165, 1.54) is 24.4 Å². The zero-order chi connectivity index (χ0) is 32.1. The minimum atomic E-state index is -1.17. The van der Waals surface area contributed by atoms with E-state index < -0.39 is 17.2 Å². The Morgan fingerprint density at radius 3 is 2.73 bits per heavy atom. The van der Waals surface area contributed by atoms with Gasteiger partial charge in [-0.2, -0.15) is 9.97 Å². The summed E-state index contributed by atoms with van der Waals surface area (Å²) in [4.78, 5) is 17.9. The third-order valence-electron chi connectivity index (χ3n) is 9.34. The van der Waals surface area contributed by atoms with Gasteiger partial charge in [0.25, 0.3) is 0 Å². The van der Waals surface area contributed by atoms with Crippen LogP contribution in [-0.4, -0.2) is 88.7 Å². The van der Waals surface area contributed by atoms with Crippen molar-refractivity contribution in [3.63, 3.8) is 0 Å². The Bertz CT molecular complexity index is 1750. The van der Waals surface area contributed by atoms with E-state index in [-0.39, 0.29) is 47.1 Å². The molecule has 3 unspecified atom stereocenters. The predicted octanol–water partition coefficient (Wildman–Crippen LogP) is 5.48. The third kappa shape index (κ3) is 5.89. The number of rotatable bonds is 7. The topological polar surface area (TPSA) is 104 Å². The molecule has 2 aromatic carbocycles. The molecule has 9 nitrogen and oxygen atoms in total. The van der Waals surface area contributed by atoms with Crippen molar-refractivity contribution < 1.29 is 28.5 Å². The lowest BCUT2D eigenvalue weighted by Gasteiger charge is -2.35. The van der Waals surface area contributed by atoms with Crippen molar-refractivity contribution in [1.29, 1.82) is 0 Å². The Labute approximate surface area is 261 Å². The molecule has 0 amide bonds. The summed E-state index contributed by atoms with van der Waals surface area (Å²) in [6.45, 7) is 7.14. The lowest BCUT2D eigenvalue weighted by molar-refractivity contribution is -0.0123. The summed E-state index contributed by atoms with van der Waals surface area (Å²) in [6.07, 6.45) is 4.98. The first-order chi connectivity index (χ1) is 21.4. The molecule has 0 spiro atoms. The van der Waals surface area contributed by atoms with Crippen LogP contribution in [0.5, 0.6) is 11.8 Å². The molecule has 11 heteroatoms. The highest BCUT2D eigenvalue weighted by Crippen LogP contribution is 2.42. The maximum absolute atomic E-state index is 16.8. The fourth-order valence-corrected chi connectivity index (χ4v) is 7.22. The maximum atomic E-state index is 16.8. The van der Waals surface area contributed by atoms with Gasteiger partial charge in [0.15, 0.2) is 5.82 Å². The first-order valence-corrected chi connectivity index (χ1v) is 15.6. The highest BCUT2D eigenvalue weighted by Gasteiger charge is 2.41. The summed E-state index contributed by atoms with van der Waals surface area (Å²) in [5.41, 5.74) is -0.731. The van der Waals surface area contributed by atoms with Crippen LogP contribution in [0.25, 0.3) is 32.9 Å². The molecule has 0 radical (unpaired) electrons. The minimum absolute atomic E-state index is 0.0171. The largest absolute Gasteiger partial charge is 0.508 e. The first-order valence-electron chi connectivity index (χ1n) is 15.6. The average molecular weight is 622 g/mol.